The number of aliphatic carboxylic acids is 1. The summed E-state index contributed by atoms with van der Waals surface area (Å²) < 4.78 is 0.904. The molecule has 5 heteroatoms. The van der Waals surface area contributed by atoms with Crippen LogP contribution in [0.15, 0.2) is 77.3 Å². The van der Waals surface area contributed by atoms with Crippen molar-refractivity contribution < 1.29 is 14.7 Å². The lowest BCUT2D eigenvalue weighted by atomic mass is 9.79. The molecule has 1 aliphatic rings. The van der Waals surface area contributed by atoms with Crippen LogP contribution < -0.4 is 0 Å². The van der Waals surface area contributed by atoms with E-state index in [-0.39, 0.29) is 5.91 Å². The lowest BCUT2D eigenvalue weighted by Gasteiger charge is -2.41. The van der Waals surface area contributed by atoms with Gasteiger partial charge in [0, 0.05) is 16.6 Å². The number of nitrogens with zero attached hydrogens (tertiary/aromatic N) is 1. The van der Waals surface area contributed by atoms with Crippen LogP contribution in [0.25, 0.3) is 0 Å². The molecule has 4 nitrogen and oxygen atoms in total. The van der Waals surface area contributed by atoms with Crippen LogP contribution in [-0.2, 0) is 11.3 Å². The average molecular weight is 450 g/mol. The van der Waals surface area contributed by atoms with Gasteiger partial charge >= 0.3 is 5.97 Å². The molecule has 1 aliphatic heterocycles. The van der Waals surface area contributed by atoms with Gasteiger partial charge in [-0.05, 0) is 47.4 Å². The number of carbonyl (C=O) groups is 2. The first-order chi connectivity index (χ1) is 14.0. The Morgan fingerprint density at radius 2 is 1.66 bits per heavy atom. The summed E-state index contributed by atoms with van der Waals surface area (Å²) in [6.07, 6.45) is 0. The molecule has 29 heavy (non-hydrogen) atoms. The molecule has 0 fully saturated rings. The van der Waals surface area contributed by atoms with Crippen LogP contribution in [0.2, 0.25) is 0 Å². The number of fused-ring (bicyclic) bond motifs is 1. The summed E-state index contributed by atoms with van der Waals surface area (Å²) in [5.74, 6) is -1.92. The third-order valence-corrected chi connectivity index (χ3v) is 6.05. The lowest BCUT2D eigenvalue weighted by molar-refractivity contribution is -0.140. The summed E-state index contributed by atoms with van der Waals surface area (Å²) in [4.78, 5) is 27.6. The van der Waals surface area contributed by atoms with Crippen molar-refractivity contribution in [1.29, 1.82) is 0 Å². The van der Waals surface area contributed by atoms with Gasteiger partial charge in [0.2, 0.25) is 0 Å². The fourth-order valence-corrected chi connectivity index (χ4v) is 4.30. The van der Waals surface area contributed by atoms with E-state index in [4.69, 9.17) is 0 Å². The number of carboxylic acids is 1. The van der Waals surface area contributed by atoms with Gasteiger partial charge < -0.3 is 10.0 Å². The zero-order valence-corrected chi connectivity index (χ0v) is 17.5. The van der Waals surface area contributed by atoms with Crippen LogP contribution in [0.4, 0.5) is 0 Å². The highest BCUT2D eigenvalue weighted by molar-refractivity contribution is 9.10. The molecule has 4 rings (SSSR count). The van der Waals surface area contributed by atoms with E-state index in [1.807, 2.05) is 55.5 Å². The van der Waals surface area contributed by atoms with Gasteiger partial charge in [0.15, 0.2) is 0 Å². The molecule has 1 N–H and O–H groups in total. The molecule has 2 atom stereocenters. The van der Waals surface area contributed by atoms with Crippen LogP contribution in [-0.4, -0.2) is 21.9 Å². The number of hydrogen-bond acceptors (Lipinski definition) is 2. The van der Waals surface area contributed by atoms with Gasteiger partial charge in [-0.25, -0.2) is 0 Å². The second kappa shape index (κ2) is 7.84. The van der Waals surface area contributed by atoms with Gasteiger partial charge in [-0.3, -0.25) is 9.59 Å². The van der Waals surface area contributed by atoms with E-state index in [1.54, 1.807) is 29.2 Å². The van der Waals surface area contributed by atoms with Crippen LogP contribution in [0.1, 0.15) is 44.6 Å². The van der Waals surface area contributed by atoms with Crippen LogP contribution in [0, 0.1) is 6.92 Å². The van der Waals surface area contributed by atoms with Gasteiger partial charge in [-0.1, -0.05) is 70.5 Å². The van der Waals surface area contributed by atoms with Crippen LogP contribution in [0.3, 0.4) is 0 Å². The number of amides is 1. The zero-order valence-electron chi connectivity index (χ0n) is 15.9. The molecular formula is C24H20BrNO3. The maximum atomic E-state index is 13.5. The Hall–Kier alpha value is -2.92. The second-order valence-electron chi connectivity index (χ2n) is 7.26. The SMILES string of the molecule is Cc1ccccc1CN1C(=O)c2ccccc2C(C(=O)O)C1c1ccc(Br)cc1. The predicted octanol–water partition coefficient (Wildman–Crippen LogP) is 5.32. The first-order valence-electron chi connectivity index (χ1n) is 9.40. The smallest absolute Gasteiger partial charge is 0.313 e. The minimum absolute atomic E-state index is 0.144. The number of benzene rings is 3. The highest BCUT2D eigenvalue weighted by Crippen LogP contribution is 2.43. The van der Waals surface area contributed by atoms with E-state index in [0.29, 0.717) is 17.7 Å². The fraction of sp³-hybridized carbons (Fsp3) is 0.167. The highest BCUT2D eigenvalue weighted by Gasteiger charge is 2.44. The van der Waals surface area contributed by atoms with Crippen molar-refractivity contribution in [3.63, 3.8) is 0 Å². The van der Waals surface area contributed by atoms with Crippen molar-refractivity contribution in [2.24, 2.45) is 0 Å². The van der Waals surface area contributed by atoms with Gasteiger partial charge in [-0.15, -0.1) is 0 Å². The van der Waals surface area contributed by atoms with Crippen molar-refractivity contribution in [3.05, 3.63) is 105 Å². The standard InChI is InChI=1S/C24H20BrNO3/c1-15-6-2-3-7-17(15)14-26-22(16-10-12-18(25)13-11-16)21(24(28)29)19-8-4-5-9-20(19)23(26)27/h2-13,21-22H,14H2,1H3,(H,28,29). The second-order valence-corrected chi connectivity index (χ2v) is 8.17. The Labute approximate surface area is 177 Å². The molecule has 0 aliphatic carbocycles. The summed E-state index contributed by atoms with van der Waals surface area (Å²) >= 11 is 3.43. The minimum atomic E-state index is -0.937. The molecule has 146 valence electrons. The molecule has 0 bridgehead atoms. The third kappa shape index (κ3) is 3.58. The molecule has 0 spiro atoms. The number of carbonyl (C=O) groups excluding carboxylic acids is 1. The number of aryl methyl sites for hydroxylation is 1. The van der Waals surface area contributed by atoms with Crippen molar-refractivity contribution in [2.45, 2.75) is 25.4 Å². The lowest BCUT2D eigenvalue weighted by Crippen LogP contribution is -2.44. The highest BCUT2D eigenvalue weighted by atomic mass is 79.9. The van der Waals surface area contributed by atoms with E-state index in [1.165, 1.54) is 0 Å². The zero-order chi connectivity index (χ0) is 20.5. The van der Waals surface area contributed by atoms with Gasteiger partial charge in [0.1, 0.15) is 5.92 Å². The Balaban J connectivity index is 1.89. The van der Waals surface area contributed by atoms with Gasteiger partial charge in [0.05, 0.1) is 6.04 Å². The summed E-state index contributed by atoms with van der Waals surface area (Å²) in [6.45, 7) is 2.35. The van der Waals surface area contributed by atoms with E-state index >= 15 is 0 Å². The predicted molar refractivity (Wildman–Crippen MR) is 115 cm³/mol. The molecule has 3 aromatic rings. The van der Waals surface area contributed by atoms with Crippen LogP contribution >= 0.6 is 15.9 Å². The normalized spacial score (nSPS) is 18.4. The van der Waals surface area contributed by atoms with E-state index < -0.39 is 17.9 Å². The molecule has 1 heterocycles. The maximum absolute atomic E-state index is 13.5. The fourth-order valence-electron chi connectivity index (χ4n) is 4.04. The van der Waals surface area contributed by atoms with E-state index in [9.17, 15) is 14.7 Å². The molecule has 3 aromatic carbocycles. The molecular weight excluding hydrogens is 430 g/mol. The Kier molecular flexibility index (Phi) is 5.24. The first kappa shape index (κ1) is 19.4. The molecule has 0 saturated heterocycles. The topological polar surface area (TPSA) is 57.6 Å². The molecule has 0 saturated carbocycles. The van der Waals surface area contributed by atoms with Crippen molar-refractivity contribution in [3.8, 4) is 0 Å². The molecule has 0 radical (unpaired) electrons. The third-order valence-electron chi connectivity index (χ3n) is 5.52. The first-order valence-corrected chi connectivity index (χ1v) is 10.2. The monoisotopic (exact) mass is 449 g/mol. The Bertz CT molecular complexity index is 1080. The molecule has 0 aromatic heterocycles. The summed E-state index contributed by atoms with van der Waals surface area (Å²) in [7, 11) is 0. The Morgan fingerprint density at radius 1 is 1.00 bits per heavy atom. The van der Waals surface area contributed by atoms with E-state index in [2.05, 4.69) is 15.9 Å². The summed E-state index contributed by atoms with van der Waals surface area (Å²) in [5.41, 5.74) is 3.91. The Morgan fingerprint density at radius 3 is 2.34 bits per heavy atom. The molecule has 1 amide bonds. The minimum Gasteiger partial charge on any atom is -0.481 e. The number of hydrogen-bond donors (Lipinski definition) is 1. The molecule has 2 unspecified atom stereocenters. The van der Waals surface area contributed by atoms with Crippen molar-refractivity contribution in [1.82, 2.24) is 4.90 Å². The summed E-state index contributed by atoms with van der Waals surface area (Å²) in [6, 6.07) is 21.9. The van der Waals surface area contributed by atoms with Gasteiger partial charge in [-0.2, -0.15) is 0 Å². The van der Waals surface area contributed by atoms with Crippen molar-refractivity contribution >= 4 is 27.8 Å². The quantitative estimate of drug-likeness (QED) is 0.585. The number of carboxylic acid groups (broad SMARTS) is 1. The van der Waals surface area contributed by atoms with Gasteiger partial charge in [0.25, 0.3) is 5.91 Å². The largest absolute Gasteiger partial charge is 0.481 e. The maximum Gasteiger partial charge on any atom is 0.313 e. The van der Waals surface area contributed by atoms with Crippen molar-refractivity contribution in [2.75, 3.05) is 0 Å². The number of halogens is 1. The summed E-state index contributed by atoms with van der Waals surface area (Å²) in [5, 5.41) is 10.1. The number of rotatable bonds is 4. The van der Waals surface area contributed by atoms with E-state index in [0.717, 1.165) is 21.2 Å². The average Bonchev–Trinajstić information content (AvgIpc) is 2.72. The van der Waals surface area contributed by atoms with Crippen LogP contribution in [0.5, 0.6) is 0 Å².